The fourth-order valence-corrected chi connectivity index (χ4v) is 3.39. The number of aryl methyl sites for hydroxylation is 1. The molecular formula is C19H31N3O4. The number of ketones is 1. The molecule has 0 saturated carbocycles. The number of nitrogens with zero attached hydrogens (tertiary/aromatic N) is 3. The van der Waals surface area contributed by atoms with Gasteiger partial charge in [-0.2, -0.15) is 0 Å². The van der Waals surface area contributed by atoms with E-state index in [2.05, 4.69) is 9.47 Å². The molecule has 0 bridgehead atoms. The van der Waals surface area contributed by atoms with Crippen molar-refractivity contribution in [1.82, 2.24) is 14.4 Å². The van der Waals surface area contributed by atoms with Crippen molar-refractivity contribution in [2.75, 3.05) is 53.0 Å². The first-order valence-electron chi connectivity index (χ1n) is 9.30. The van der Waals surface area contributed by atoms with E-state index in [9.17, 15) is 9.59 Å². The molecule has 0 unspecified atom stereocenters. The van der Waals surface area contributed by atoms with E-state index < -0.39 is 0 Å². The van der Waals surface area contributed by atoms with Gasteiger partial charge in [0.15, 0.2) is 5.78 Å². The molecule has 7 nitrogen and oxygen atoms in total. The lowest BCUT2D eigenvalue weighted by Gasteiger charge is -2.33. The van der Waals surface area contributed by atoms with Crippen LogP contribution in [-0.4, -0.2) is 79.3 Å². The van der Waals surface area contributed by atoms with Gasteiger partial charge in [-0.05, 0) is 33.3 Å². The average Bonchev–Trinajstić information content (AvgIpc) is 2.91. The summed E-state index contributed by atoms with van der Waals surface area (Å²) in [5, 5.41) is 0. The van der Waals surface area contributed by atoms with Crippen molar-refractivity contribution < 1.29 is 19.1 Å². The van der Waals surface area contributed by atoms with Gasteiger partial charge in [0, 0.05) is 63.4 Å². The van der Waals surface area contributed by atoms with E-state index in [0.717, 1.165) is 29.9 Å². The lowest BCUT2D eigenvalue weighted by molar-refractivity contribution is 0.0733. The molecule has 0 radical (unpaired) electrons. The zero-order chi connectivity index (χ0) is 19.1. The van der Waals surface area contributed by atoms with E-state index >= 15 is 0 Å². The Morgan fingerprint density at radius 2 is 1.85 bits per heavy atom. The van der Waals surface area contributed by atoms with E-state index in [4.69, 9.17) is 9.47 Å². The number of amides is 1. The summed E-state index contributed by atoms with van der Waals surface area (Å²) in [6.07, 6.45) is 0.661. The maximum atomic E-state index is 12.8. The van der Waals surface area contributed by atoms with Crippen LogP contribution in [0.3, 0.4) is 0 Å². The number of ether oxygens (including phenoxy) is 2. The van der Waals surface area contributed by atoms with Gasteiger partial charge in [0.25, 0.3) is 0 Å². The highest BCUT2D eigenvalue weighted by Crippen LogP contribution is 2.17. The highest BCUT2D eigenvalue weighted by molar-refractivity contribution is 5.99. The summed E-state index contributed by atoms with van der Waals surface area (Å²) in [5.74, 6) is 0.140. The number of carbonyl (C=O) groups excluding carboxylic acids is 2. The molecule has 1 amide bonds. The third-order valence-electron chi connectivity index (χ3n) is 4.87. The summed E-state index contributed by atoms with van der Waals surface area (Å²) in [5.41, 5.74) is 2.93. The van der Waals surface area contributed by atoms with Gasteiger partial charge >= 0.3 is 6.09 Å². The monoisotopic (exact) mass is 365 g/mol. The van der Waals surface area contributed by atoms with Crippen molar-refractivity contribution >= 4 is 11.9 Å². The standard InChI is InChI=1S/C19H31N3O4/c1-5-26-19(24)21-10-8-20(9-11-21)14-18(23)17-13-15(2)22(16(17)3)7-6-12-25-4/h13H,5-12,14H2,1-4H3. The Labute approximate surface area is 155 Å². The van der Waals surface area contributed by atoms with Gasteiger partial charge in [-0.1, -0.05) is 0 Å². The summed E-state index contributed by atoms with van der Waals surface area (Å²) in [7, 11) is 1.70. The molecule has 0 spiro atoms. The quantitative estimate of drug-likeness (QED) is 0.521. The van der Waals surface area contributed by atoms with Crippen LogP contribution >= 0.6 is 0 Å². The van der Waals surface area contributed by atoms with Gasteiger partial charge in [0.05, 0.1) is 13.2 Å². The van der Waals surface area contributed by atoms with Crippen LogP contribution in [0.25, 0.3) is 0 Å². The van der Waals surface area contributed by atoms with Crippen molar-refractivity contribution in [3.8, 4) is 0 Å². The average molecular weight is 365 g/mol. The first kappa shape index (κ1) is 20.5. The van der Waals surface area contributed by atoms with Crippen LogP contribution in [0.2, 0.25) is 0 Å². The van der Waals surface area contributed by atoms with Crippen LogP contribution in [0.15, 0.2) is 6.07 Å². The Morgan fingerprint density at radius 1 is 1.15 bits per heavy atom. The van der Waals surface area contributed by atoms with Gasteiger partial charge in [0.2, 0.25) is 0 Å². The normalized spacial score (nSPS) is 15.3. The van der Waals surface area contributed by atoms with Crippen molar-refractivity contribution in [1.29, 1.82) is 0 Å². The maximum absolute atomic E-state index is 12.8. The number of hydrogen-bond donors (Lipinski definition) is 0. The van der Waals surface area contributed by atoms with Gasteiger partial charge in [0.1, 0.15) is 0 Å². The van der Waals surface area contributed by atoms with Gasteiger partial charge in [-0.3, -0.25) is 9.69 Å². The van der Waals surface area contributed by atoms with Crippen LogP contribution in [0, 0.1) is 13.8 Å². The van der Waals surface area contributed by atoms with E-state index in [0.29, 0.717) is 45.9 Å². The molecule has 146 valence electrons. The second kappa shape index (κ2) is 9.73. The van der Waals surface area contributed by atoms with E-state index in [1.54, 1.807) is 18.9 Å². The van der Waals surface area contributed by atoms with Crippen LogP contribution in [0.5, 0.6) is 0 Å². The first-order chi connectivity index (χ1) is 12.5. The van der Waals surface area contributed by atoms with Gasteiger partial charge in [-0.15, -0.1) is 0 Å². The van der Waals surface area contributed by atoms with Crippen molar-refractivity contribution in [3.05, 3.63) is 23.0 Å². The number of piperazine rings is 1. The van der Waals surface area contributed by atoms with Crippen LogP contribution in [0.4, 0.5) is 4.79 Å². The maximum Gasteiger partial charge on any atom is 0.409 e. The molecule has 0 aromatic carbocycles. The van der Waals surface area contributed by atoms with Crippen LogP contribution < -0.4 is 0 Å². The minimum Gasteiger partial charge on any atom is -0.450 e. The second-order valence-electron chi connectivity index (χ2n) is 6.67. The molecular weight excluding hydrogens is 334 g/mol. The highest BCUT2D eigenvalue weighted by atomic mass is 16.6. The summed E-state index contributed by atoms with van der Waals surface area (Å²) in [4.78, 5) is 28.3. The number of methoxy groups -OCH3 is 1. The van der Waals surface area contributed by atoms with Crippen LogP contribution in [0.1, 0.15) is 35.1 Å². The molecule has 0 N–H and O–H groups in total. The summed E-state index contributed by atoms with van der Waals surface area (Å²) < 4.78 is 12.3. The molecule has 7 heteroatoms. The van der Waals surface area contributed by atoms with E-state index in [1.165, 1.54) is 0 Å². The molecule has 1 aliphatic heterocycles. The van der Waals surface area contributed by atoms with Crippen LogP contribution in [-0.2, 0) is 16.0 Å². The van der Waals surface area contributed by atoms with Gasteiger partial charge < -0.3 is 18.9 Å². The van der Waals surface area contributed by atoms with E-state index in [-0.39, 0.29) is 11.9 Å². The summed E-state index contributed by atoms with van der Waals surface area (Å²) in [6, 6.07) is 1.99. The minimum atomic E-state index is -0.266. The molecule has 1 aliphatic rings. The molecule has 1 aromatic rings. The molecule has 1 fully saturated rings. The largest absolute Gasteiger partial charge is 0.450 e. The Kier molecular flexibility index (Phi) is 7.66. The Balaban J connectivity index is 1.90. The summed E-state index contributed by atoms with van der Waals surface area (Å²) >= 11 is 0. The Morgan fingerprint density at radius 3 is 2.46 bits per heavy atom. The fourth-order valence-electron chi connectivity index (χ4n) is 3.39. The molecule has 2 heterocycles. The molecule has 0 aliphatic carbocycles. The van der Waals surface area contributed by atoms with Gasteiger partial charge in [-0.25, -0.2) is 4.79 Å². The molecule has 0 atom stereocenters. The third-order valence-corrected chi connectivity index (χ3v) is 4.87. The first-order valence-corrected chi connectivity index (χ1v) is 9.30. The number of Topliss-reactive ketones (excluding diaryl/α,β-unsaturated/α-hetero) is 1. The second-order valence-corrected chi connectivity index (χ2v) is 6.67. The Hall–Kier alpha value is -1.86. The topological polar surface area (TPSA) is 64.0 Å². The van der Waals surface area contributed by atoms with Crippen molar-refractivity contribution in [2.45, 2.75) is 33.7 Å². The number of hydrogen-bond acceptors (Lipinski definition) is 5. The number of aromatic nitrogens is 1. The summed E-state index contributed by atoms with van der Waals surface area (Å²) in [6.45, 7) is 10.8. The molecule has 26 heavy (non-hydrogen) atoms. The fraction of sp³-hybridized carbons (Fsp3) is 0.684. The zero-order valence-electron chi connectivity index (χ0n) is 16.4. The smallest absolute Gasteiger partial charge is 0.409 e. The minimum absolute atomic E-state index is 0.140. The zero-order valence-corrected chi connectivity index (χ0v) is 16.4. The molecule has 2 rings (SSSR count). The third kappa shape index (κ3) is 5.08. The highest BCUT2D eigenvalue weighted by Gasteiger charge is 2.24. The molecule has 1 aromatic heterocycles. The SMILES string of the molecule is CCOC(=O)N1CCN(CC(=O)c2cc(C)n(CCCOC)c2C)CC1. The predicted molar refractivity (Wildman–Crippen MR) is 99.8 cm³/mol. The van der Waals surface area contributed by atoms with Crippen molar-refractivity contribution in [3.63, 3.8) is 0 Å². The molecule has 1 saturated heterocycles. The lowest BCUT2D eigenvalue weighted by Crippen LogP contribution is -2.50. The number of carbonyl (C=O) groups is 2. The lowest BCUT2D eigenvalue weighted by atomic mass is 10.1. The van der Waals surface area contributed by atoms with E-state index in [1.807, 2.05) is 19.9 Å². The Bertz CT molecular complexity index is 619. The van der Waals surface area contributed by atoms with Crippen molar-refractivity contribution in [2.24, 2.45) is 0 Å². The predicted octanol–water partition coefficient (Wildman–Crippen LogP) is 2.10. The number of rotatable bonds is 8.